The molecule has 0 spiro atoms. The highest BCUT2D eigenvalue weighted by atomic mass is 16.1. The van der Waals surface area contributed by atoms with Crippen LogP contribution >= 0.6 is 0 Å². The monoisotopic (exact) mass is 153 g/mol. The van der Waals surface area contributed by atoms with Gasteiger partial charge in [0.05, 0.1) is 0 Å². The summed E-state index contributed by atoms with van der Waals surface area (Å²) in [4.78, 5) is 38.0. The smallest absolute Gasteiger partial charge is 0.211 e. The minimum Gasteiger partial charge on any atom is -0.211 e. The maximum Gasteiger partial charge on any atom is 0.274 e. The number of nitrogens with zero attached hydrogens (tertiary/aromatic N) is 3. The van der Waals surface area contributed by atoms with Gasteiger partial charge in [-0.05, 0) is 0 Å². The molecule has 0 saturated carbocycles. The van der Waals surface area contributed by atoms with E-state index in [2.05, 4.69) is 15.0 Å². The minimum atomic E-state index is -1.74. The first-order chi connectivity index (χ1) is 5.18. The summed E-state index contributed by atoms with van der Waals surface area (Å²) in [5, 5.41) is 0. The first-order valence-electron chi connectivity index (χ1n) is 2.45. The van der Waals surface area contributed by atoms with Gasteiger partial charge in [-0.3, -0.25) is 0 Å². The standard InChI is InChI=1S/C5H3N3O3/c1-5(6-2-9,7-3-10)8-4-11/h1H3. The number of aliphatic imine (C=N–C) groups is 3. The molecule has 0 N–H and O–H groups in total. The van der Waals surface area contributed by atoms with Crippen molar-refractivity contribution >= 4 is 18.2 Å². The third-order valence-corrected chi connectivity index (χ3v) is 0.772. The van der Waals surface area contributed by atoms with Gasteiger partial charge in [0.2, 0.25) is 18.2 Å². The Morgan fingerprint density at radius 1 is 0.909 bits per heavy atom. The summed E-state index contributed by atoms with van der Waals surface area (Å²) in [7, 11) is 0. The average molecular weight is 153 g/mol. The Morgan fingerprint density at radius 2 is 1.18 bits per heavy atom. The second-order valence-corrected chi connectivity index (χ2v) is 1.58. The SMILES string of the molecule is CC(N=C=O)(N=C=O)N=C=O. The summed E-state index contributed by atoms with van der Waals surface area (Å²) in [6, 6.07) is 0. The number of hydrogen-bond donors (Lipinski definition) is 0. The maximum absolute atomic E-state index is 9.70. The molecule has 0 aliphatic rings. The predicted molar refractivity (Wildman–Crippen MR) is 32.8 cm³/mol. The second-order valence-electron chi connectivity index (χ2n) is 1.58. The summed E-state index contributed by atoms with van der Waals surface area (Å²) in [6.07, 6.45) is 3.32. The van der Waals surface area contributed by atoms with E-state index in [1.165, 1.54) is 0 Å². The van der Waals surface area contributed by atoms with Crippen molar-refractivity contribution in [3.8, 4) is 0 Å². The molecule has 0 aliphatic carbocycles. The van der Waals surface area contributed by atoms with Crippen LogP contribution in [0.4, 0.5) is 0 Å². The van der Waals surface area contributed by atoms with Crippen LogP contribution in [0.2, 0.25) is 0 Å². The Morgan fingerprint density at radius 3 is 1.36 bits per heavy atom. The van der Waals surface area contributed by atoms with Crippen molar-refractivity contribution in [3.05, 3.63) is 0 Å². The first-order valence-corrected chi connectivity index (χ1v) is 2.45. The van der Waals surface area contributed by atoms with Gasteiger partial charge in [-0.15, -0.1) is 0 Å². The zero-order chi connectivity index (χ0) is 8.74. The van der Waals surface area contributed by atoms with Crippen LogP contribution in [0.1, 0.15) is 6.92 Å². The van der Waals surface area contributed by atoms with E-state index in [9.17, 15) is 14.4 Å². The van der Waals surface area contributed by atoms with Crippen molar-refractivity contribution in [2.24, 2.45) is 15.0 Å². The molecule has 0 aromatic carbocycles. The van der Waals surface area contributed by atoms with Gasteiger partial charge in [0.15, 0.2) is 0 Å². The largest absolute Gasteiger partial charge is 0.274 e. The molecule has 0 rings (SSSR count). The van der Waals surface area contributed by atoms with Crippen molar-refractivity contribution < 1.29 is 14.4 Å². The van der Waals surface area contributed by atoms with Gasteiger partial charge in [-0.1, -0.05) is 0 Å². The van der Waals surface area contributed by atoms with Crippen LogP contribution in [0.25, 0.3) is 0 Å². The van der Waals surface area contributed by atoms with E-state index in [1.54, 1.807) is 0 Å². The van der Waals surface area contributed by atoms with Crippen LogP contribution in [0.5, 0.6) is 0 Å². The molecular weight excluding hydrogens is 150 g/mol. The molecule has 0 aromatic rings. The average Bonchev–Trinajstić information content (AvgIpc) is 1.88. The summed E-state index contributed by atoms with van der Waals surface area (Å²) >= 11 is 0. The number of isocyanates is 3. The van der Waals surface area contributed by atoms with Crippen molar-refractivity contribution in [3.63, 3.8) is 0 Å². The van der Waals surface area contributed by atoms with Gasteiger partial charge in [-0.2, -0.15) is 15.0 Å². The van der Waals surface area contributed by atoms with E-state index < -0.39 is 5.79 Å². The Bertz CT molecular complexity index is 234. The topological polar surface area (TPSA) is 88.3 Å². The minimum absolute atomic E-state index is 1.11. The molecule has 0 aromatic heterocycles. The fourth-order valence-electron chi connectivity index (χ4n) is 0.334. The van der Waals surface area contributed by atoms with Gasteiger partial charge < -0.3 is 0 Å². The van der Waals surface area contributed by atoms with Gasteiger partial charge in [-0.25, -0.2) is 14.4 Å². The highest BCUT2D eigenvalue weighted by Gasteiger charge is 2.19. The van der Waals surface area contributed by atoms with E-state index in [1.807, 2.05) is 0 Å². The highest BCUT2D eigenvalue weighted by Crippen LogP contribution is 2.10. The molecule has 11 heavy (non-hydrogen) atoms. The lowest BCUT2D eigenvalue weighted by Crippen LogP contribution is -2.14. The predicted octanol–water partition coefficient (Wildman–Crippen LogP) is -0.333. The van der Waals surface area contributed by atoms with Crippen LogP contribution < -0.4 is 0 Å². The summed E-state index contributed by atoms with van der Waals surface area (Å²) in [5.41, 5.74) is 0. The molecule has 0 amide bonds. The molecule has 0 bridgehead atoms. The normalized spacial score (nSPS) is 12.8. The van der Waals surface area contributed by atoms with Crippen LogP contribution in [-0.4, -0.2) is 24.0 Å². The van der Waals surface area contributed by atoms with E-state index in [-0.39, 0.29) is 0 Å². The summed E-state index contributed by atoms with van der Waals surface area (Å²) < 4.78 is 0. The molecule has 0 fully saturated rings. The lowest BCUT2D eigenvalue weighted by molar-refractivity contribution is 0.483. The first kappa shape index (κ1) is 9.14. The number of carbonyl (C=O) groups excluding carboxylic acids is 3. The molecule has 0 aliphatic heterocycles. The van der Waals surface area contributed by atoms with Crippen molar-refractivity contribution in [2.45, 2.75) is 12.7 Å². The van der Waals surface area contributed by atoms with Crippen molar-refractivity contribution in [2.75, 3.05) is 0 Å². The third kappa shape index (κ3) is 2.98. The Hall–Kier alpha value is -1.86. The maximum atomic E-state index is 9.70. The molecule has 6 heteroatoms. The molecule has 0 unspecified atom stereocenters. The van der Waals surface area contributed by atoms with Gasteiger partial charge >= 0.3 is 0 Å². The van der Waals surface area contributed by atoms with Gasteiger partial charge in [0.1, 0.15) is 0 Å². The van der Waals surface area contributed by atoms with Crippen molar-refractivity contribution in [1.29, 1.82) is 0 Å². The molecule has 6 nitrogen and oxygen atoms in total. The van der Waals surface area contributed by atoms with Crippen LogP contribution in [0.15, 0.2) is 15.0 Å². The van der Waals surface area contributed by atoms with Crippen LogP contribution in [-0.2, 0) is 14.4 Å². The fourth-order valence-corrected chi connectivity index (χ4v) is 0.334. The van der Waals surface area contributed by atoms with Gasteiger partial charge in [0.25, 0.3) is 5.79 Å². The van der Waals surface area contributed by atoms with E-state index in [4.69, 9.17) is 0 Å². The van der Waals surface area contributed by atoms with E-state index >= 15 is 0 Å². The van der Waals surface area contributed by atoms with E-state index in [0.717, 1.165) is 25.2 Å². The molecule has 0 radical (unpaired) electrons. The highest BCUT2D eigenvalue weighted by molar-refractivity contribution is 5.41. The molecule has 56 valence electrons. The Labute approximate surface area is 61.4 Å². The molecule has 0 saturated heterocycles. The molecular formula is C5H3N3O3. The number of rotatable bonds is 3. The molecule has 0 heterocycles. The Kier molecular flexibility index (Phi) is 3.35. The third-order valence-electron chi connectivity index (χ3n) is 0.772. The van der Waals surface area contributed by atoms with Gasteiger partial charge in [0, 0.05) is 6.92 Å². The lowest BCUT2D eigenvalue weighted by atomic mass is 10.4. The fraction of sp³-hybridized carbons (Fsp3) is 0.400. The summed E-state index contributed by atoms with van der Waals surface area (Å²) in [5.74, 6) is -1.74. The van der Waals surface area contributed by atoms with E-state index in [0.29, 0.717) is 0 Å². The van der Waals surface area contributed by atoms with Crippen LogP contribution in [0.3, 0.4) is 0 Å². The Balaban J connectivity index is 4.94. The molecule has 0 atom stereocenters. The zero-order valence-corrected chi connectivity index (χ0v) is 5.57. The van der Waals surface area contributed by atoms with Crippen molar-refractivity contribution in [1.82, 2.24) is 0 Å². The number of hydrogen-bond acceptors (Lipinski definition) is 6. The zero-order valence-electron chi connectivity index (χ0n) is 5.57. The quantitative estimate of drug-likeness (QED) is 0.410. The van der Waals surface area contributed by atoms with Crippen LogP contribution in [0, 0.1) is 0 Å². The summed E-state index contributed by atoms with van der Waals surface area (Å²) in [6.45, 7) is 1.16. The lowest BCUT2D eigenvalue weighted by Gasteiger charge is -2.04. The second kappa shape index (κ2) is 4.04.